The fourth-order valence-corrected chi connectivity index (χ4v) is 4.64. The van der Waals surface area contributed by atoms with Gasteiger partial charge in [0.1, 0.15) is 6.17 Å². The Labute approximate surface area is 208 Å². The number of benzene rings is 1. The molecule has 2 aliphatic rings. The molecule has 0 bridgehead atoms. The van der Waals surface area contributed by atoms with Gasteiger partial charge >= 0.3 is 6.18 Å². The number of piperazine rings is 1. The van der Waals surface area contributed by atoms with Crippen molar-refractivity contribution in [1.82, 2.24) is 20.0 Å². The van der Waals surface area contributed by atoms with E-state index in [1.54, 1.807) is 0 Å². The first-order chi connectivity index (χ1) is 17.2. The standard InChI is InChI=1S/C25H31F3N6O2/c1-18(2)9-10-32-15-16-34(23(32)17-35)22-8-7-21(29-30-22)31-11-13-33(14-12-31)24(36)19-5-3-4-6-20(19)25(26,27)28/h3-8,17-18,23H,9-16H2,1-2H3. The molecule has 2 aliphatic heterocycles. The van der Waals surface area contributed by atoms with Crippen molar-refractivity contribution in [3.05, 3.63) is 47.5 Å². The van der Waals surface area contributed by atoms with Crippen LogP contribution in [0.25, 0.3) is 0 Å². The van der Waals surface area contributed by atoms with E-state index < -0.39 is 17.6 Å². The zero-order chi connectivity index (χ0) is 25.9. The summed E-state index contributed by atoms with van der Waals surface area (Å²) in [6.07, 6.45) is -3.00. The van der Waals surface area contributed by atoms with E-state index in [0.29, 0.717) is 37.2 Å². The zero-order valence-corrected chi connectivity index (χ0v) is 20.5. The van der Waals surface area contributed by atoms with E-state index in [4.69, 9.17) is 0 Å². The lowest BCUT2D eigenvalue weighted by atomic mass is 10.1. The molecule has 8 nitrogen and oxygen atoms in total. The van der Waals surface area contributed by atoms with Crippen molar-refractivity contribution in [2.45, 2.75) is 32.6 Å². The van der Waals surface area contributed by atoms with Crippen molar-refractivity contribution >= 4 is 23.8 Å². The Balaban J connectivity index is 1.37. The number of amides is 1. The van der Waals surface area contributed by atoms with Crippen LogP contribution < -0.4 is 9.80 Å². The third kappa shape index (κ3) is 5.61. The number of hydrogen-bond donors (Lipinski definition) is 0. The molecule has 0 saturated carbocycles. The van der Waals surface area contributed by atoms with E-state index >= 15 is 0 Å². The van der Waals surface area contributed by atoms with Gasteiger partial charge in [0.2, 0.25) is 0 Å². The van der Waals surface area contributed by atoms with Gasteiger partial charge in [0.25, 0.3) is 5.91 Å². The summed E-state index contributed by atoms with van der Waals surface area (Å²) < 4.78 is 40.0. The summed E-state index contributed by atoms with van der Waals surface area (Å²) in [7, 11) is 0. The molecule has 1 aromatic carbocycles. The smallest absolute Gasteiger partial charge is 0.352 e. The molecular weight excluding hydrogens is 473 g/mol. The Bertz CT molecular complexity index is 1050. The summed E-state index contributed by atoms with van der Waals surface area (Å²) in [4.78, 5) is 32.1. The average Bonchev–Trinajstić information content (AvgIpc) is 3.29. The van der Waals surface area contributed by atoms with Gasteiger partial charge in [0.05, 0.1) is 11.1 Å². The molecule has 0 radical (unpaired) electrons. The summed E-state index contributed by atoms with van der Waals surface area (Å²) in [6.45, 7) is 8.05. The van der Waals surface area contributed by atoms with E-state index in [0.717, 1.165) is 31.9 Å². The number of aromatic nitrogens is 2. The highest BCUT2D eigenvalue weighted by Crippen LogP contribution is 2.32. The molecule has 1 atom stereocenters. The number of hydrogen-bond acceptors (Lipinski definition) is 7. The molecule has 2 saturated heterocycles. The van der Waals surface area contributed by atoms with Crippen LogP contribution in [0.4, 0.5) is 24.8 Å². The van der Waals surface area contributed by atoms with E-state index in [-0.39, 0.29) is 24.8 Å². The molecule has 1 unspecified atom stereocenters. The molecule has 194 valence electrons. The monoisotopic (exact) mass is 504 g/mol. The van der Waals surface area contributed by atoms with Gasteiger partial charge in [-0.3, -0.25) is 14.5 Å². The summed E-state index contributed by atoms with van der Waals surface area (Å²) in [6, 6.07) is 8.53. The first kappa shape index (κ1) is 25.9. The molecule has 0 aliphatic carbocycles. The molecule has 2 fully saturated rings. The van der Waals surface area contributed by atoms with Gasteiger partial charge in [-0.25, -0.2) is 0 Å². The van der Waals surface area contributed by atoms with Crippen LogP contribution in [0.1, 0.15) is 36.2 Å². The Hall–Kier alpha value is -3.21. The third-order valence-electron chi connectivity index (χ3n) is 6.72. The number of aldehydes is 1. The number of carbonyl (C=O) groups excluding carboxylic acids is 2. The second-order valence-electron chi connectivity index (χ2n) is 9.53. The normalized spacial score (nSPS) is 19.3. The summed E-state index contributed by atoms with van der Waals surface area (Å²) >= 11 is 0. The predicted molar refractivity (Wildman–Crippen MR) is 130 cm³/mol. The van der Waals surface area contributed by atoms with Crippen LogP contribution in [-0.4, -0.2) is 84.2 Å². The molecule has 3 heterocycles. The maximum atomic E-state index is 13.3. The van der Waals surface area contributed by atoms with Crippen molar-refractivity contribution in [3.63, 3.8) is 0 Å². The number of halogens is 3. The van der Waals surface area contributed by atoms with Gasteiger partial charge in [-0.2, -0.15) is 13.2 Å². The maximum Gasteiger partial charge on any atom is 0.417 e. The molecular formula is C25H31F3N6O2. The summed E-state index contributed by atoms with van der Waals surface area (Å²) in [5.74, 6) is 1.18. The van der Waals surface area contributed by atoms with Crippen molar-refractivity contribution in [2.24, 2.45) is 5.92 Å². The molecule has 2 aromatic rings. The maximum absolute atomic E-state index is 13.3. The summed E-state index contributed by atoms with van der Waals surface area (Å²) in [5, 5.41) is 8.68. The lowest BCUT2D eigenvalue weighted by molar-refractivity contribution is -0.138. The summed E-state index contributed by atoms with van der Waals surface area (Å²) in [5.41, 5.74) is -1.25. The van der Waals surface area contributed by atoms with Crippen LogP contribution in [0.15, 0.2) is 36.4 Å². The fourth-order valence-electron chi connectivity index (χ4n) is 4.64. The van der Waals surface area contributed by atoms with Crippen molar-refractivity contribution in [3.8, 4) is 0 Å². The van der Waals surface area contributed by atoms with Crippen LogP contribution in [0, 0.1) is 5.92 Å². The molecule has 0 spiro atoms. The second-order valence-corrected chi connectivity index (χ2v) is 9.53. The number of carbonyl (C=O) groups is 2. The first-order valence-corrected chi connectivity index (χ1v) is 12.2. The highest BCUT2D eigenvalue weighted by atomic mass is 19.4. The van der Waals surface area contributed by atoms with Crippen LogP contribution in [-0.2, 0) is 11.0 Å². The Kier molecular flexibility index (Phi) is 7.77. The van der Waals surface area contributed by atoms with Crippen molar-refractivity contribution in [1.29, 1.82) is 0 Å². The molecule has 11 heteroatoms. The zero-order valence-electron chi connectivity index (χ0n) is 20.5. The highest BCUT2D eigenvalue weighted by molar-refractivity contribution is 5.96. The molecule has 4 rings (SSSR count). The van der Waals surface area contributed by atoms with Gasteiger partial charge < -0.3 is 14.7 Å². The topological polar surface area (TPSA) is 72.9 Å². The lowest BCUT2D eigenvalue weighted by Gasteiger charge is -2.35. The molecule has 1 amide bonds. The Morgan fingerprint density at radius 2 is 1.67 bits per heavy atom. The van der Waals surface area contributed by atoms with E-state index in [1.165, 1.54) is 23.1 Å². The number of nitrogens with zero attached hydrogens (tertiary/aromatic N) is 6. The largest absolute Gasteiger partial charge is 0.417 e. The minimum atomic E-state index is -4.59. The fraction of sp³-hybridized carbons (Fsp3) is 0.520. The van der Waals surface area contributed by atoms with Gasteiger partial charge in [0, 0.05) is 45.8 Å². The van der Waals surface area contributed by atoms with E-state index in [2.05, 4.69) is 28.9 Å². The number of alkyl halides is 3. The SMILES string of the molecule is CC(C)CCN1CCN(c2ccc(N3CCN(C(=O)c4ccccc4C(F)(F)F)CC3)nn2)C1C=O. The first-order valence-electron chi connectivity index (χ1n) is 12.2. The minimum Gasteiger partial charge on any atom is -0.352 e. The Morgan fingerprint density at radius 1 is 1.00 bits per heavy atom. The van der Waals surface area contributed by atoms with E-state index in [1.807, 2.05) is 21.9 Å². The molecule has 0 N–H and O–H groups in total. The highest BCUT2D eigenvalue weighted by Gasteiger charge is 2.37. The Morgan fingerprint density at radius 3 is 2.28 bits per heavy atom. The quantitative estimate of drug-likeness (QED) is 0.537. The van der Waals surface area contributed by atoms with Crippen LogP contribution >= 0.6 is 0 Å². The van der Waals surface area contributed by atoms with E-state index in [9.17, 15) is 22.8 Å². The number of rotatable bonds is 7. The van der Waals surface area contributed by atoms with Crippen LogP contribution in [0.5, 0.6) is 0 Å². The van der Waals surface area contributed by atoms with Gasteiger partial charge in [-0.05, 0) is 36.6 Å². The van der Waals surface area contributed by atoms with Crippen LogP contribution in [0.2, 0.25) is 0 Å². The van der Waals surface area contributed by atoms with Gasteiger partial charge in [-0.15, -0.1) is 10.2 Å². The molecule has 36 heavy (non-hydrogen) atoms. The predicted octanol–water partition coefficient (Wildman–Crippen LogP) is 3.15. The molecule has 1 aromatic heterocycles. The second kappa shape index (κ2) is 10.8. The number of anilines is 2. The lowest BCUT2D eigenvalue weighted by Crippen LogP contribution is -2.49. The van der Waals surface area contributed by atoms with Crippen molar-refractivity contribution in [2.75, 3.05) is 55.6 Å². The third-order valence-corrected chi connectivity index (χ3v) is 6.72. The van der Waals surface area contributed by atoms with Gasteiger partial charge in [0.15, 0.2) is 17.9 Å². The minimum absolute atomic E-state index is 0.276. The average molecular weight is 505 g/mol. The van der Waals surface area contributed by atoms with Crippen molar-refractivity contribution < 1.29 is 22.8 Å². The van der Waals surface area contributed by atoms with Gasteiger partial charge in [-0.1, -0.05) is 26.0 Å². The van der Waals surface area contributed by atoms with Crippen LogP contribution in [0.3, 0.4) is 0 Å².